The number of fused-ring (bicyclic) bond motifs is 1. The molecule has 1 aliphatic carbocycles. The lowest BCUT2D eigenvalue weighted by Gasteiger charge is -2.25. The van der Waals surface area contributed by atoms with Gasteiger partial charge in [-0.25, -0.2) is 0 Å². The Morgan fingerprint density at radius 1 is 1.24 bits per heavy atom. The van der Waals surface area contributed by atoms with Gasteiger partial charge in [0.1, 0.15) is 0 Å². The number of hydrogen-bond acceptors (Lipinski definition) is 1. The third-order valence-electron chi connectivity index (χ3n) is 3.88. The fourth-order valence-corrected chi connectivity index (χ4v) is 3.32. The van der Waals surface area contributed by atoms with Gasteiger partial charge in [-0.2, -0.15) is 0 Å². The van der Waals surface area contributed by atoms with Gasteiger partial charge in [-0.3, -0.25) is 0 Å². The second-order valence-corrected chi connectivity index (χ2v) is 5.64. The van der Waals surface area contributed by atoms with Crippen LogP contribution in [0.2, 0.25) is 5.02 Å². The molecule has 1 aromatic heterocycles. The van der Waals surface area contributed by atoms with Crippen molar-refractivity contribution in [1.82, 2.24) is 4.98 Å². The van der Waals surface area contributed by atoms with Crippen molar-refractivity contribution in [2.24, 2.45) is 5.73 Å². The Bertz CT molecular complexity index is 565. The van der Waals surface area contributed by atoms with Gasteiger partial charge in [-0.1, -0.05) is 24.4 Å². The van der Waals surface area contributed by atoms with Gasteiger partial charge in [0.25, 0.3) is 0 Å². The highest BCUT2D eigenvalue weighted by atomic mass is 35.5. The minimum Gasteiger partial charge on any atom is -0.359 e. The number of aromatic nitrogens is 1. The molecule has 1 aliphatic rings. The molecule has 0 unspecified atom stereocenters. The lowest BCUT2D eigenvalue weighted by molar-refractivity contribution is 0.462. The SMILES string of the molecule is Cc1cc2cc(Cl)c(C3(N)CCCC3)cc2[nH]1. The van der Waals surface area contributed by atoms with Gasteiger partial charge >= 0.3 is 0 Å². The molecule has 2 nitrogen and oxygen atoms in total. The number of nitrogens with two attached hydrogens (primary N) is 1. The molecule has 17 heavy (non-hydrogen) atoms. The van der Waals surface area contributed by atoms with Crippen LogP contribution in [0.3, 0.4) is 0 Å². The third kappa shape index (κ3) is 1.76. The Balaban J connectivity index is 2.18. The number of aromatic amines is 1. The second kappa shape index (κ2) is 3.76. The van der Waals surface area contributed by atoms with Crippen molar-refractivity contribution in [3.8, 4) is 0 Å². The molecule has 0 aliphatic heterocycles. The molecule has 1 fully saturated rings. The topological polar surface area (TPSA) is 41.8 Å². The van der Waals surface area contributed by atoms with Crippen LogP contribution in [0.4, 0.5) is 0 Å². The molecule has 0 saturated heterocycles. The highest BCUT2D eigenvalue weighted by Gasteiger charge is 2.33. The molecular formula is C14H17ClN2. The zero-order valence-corrected chi connectivity index (χ0v) is 10.8. The quantitative estimate of drug-likeness (QED) is 0.791. The first-order valence-electron chi connectivity index (χ1n) is 6.17. The Labute approximate surface area is 106 Å². The summed E-state index contributed by atoms with van der Waals surface area (Å²) < 4.78 is 0. The van der Waals surface area contributed by atoms with Crippen molar-refractivity contribution < 1.29 is 0 Å². The fourth-order valence-electron chi connectivity index (χ4n) is 2.95. The molecule has 0 atom stereocenters. The summed E-state index contributed by atoms with van der Waals surface area (Å²) >= 11 is 6.39. The Kier molecular flexibility index (Phi) is 2.46. The largest absolute Gasteiger partial charge is 0.359 e. The number of nitrogens with one attached hydrogen (secondary N) is 1. The fraction of sp³-hybridized carbons (Fsp3) is 0.429. The smallest absolute Gasteiger partial charge is 0.0464 e. The van der Waals surface area contributed by atoms with Crippen molar-refractivity contribution in [3.05, 3.63) is 34.5 Å². The molecule has 1 saturated carbocycles. The van der Waals surface area contributed by atoms with Gasteiger partial charge < -0.3 is 10.7 Å². The number of H-pyrrole nitrogens is 1. The second-order valence-electron chi connectivity index (χ2n) is 5.23. The van der Waals surface area contributed by atoms with Crippen LogP contribution in [0.1, 0.15) is 36.9 Å². The number of halogens is 1. The predicted molar refractivity (Wildman–Crippen MR) is 72.4 cm³/mol. The molecule has 1 aromatic carbocycles. The maximum Gasteiger partial charge on any atom is 0.0464 e. The summed E-state index contributed by atoms with van der Waals surface area (Å²) in [7, 11) is 0. The van der Waals surface area contributed by atoms with Crippen LogP contribution in [-0.4, -0.2) is 4.98 Å². The van der Waals surface area contributed by atoms with Crippen LogP contribution in [-0.2, 0) is 5.54 Å². The summed E-state index contributed by atoms with van der Waals surface area (Å²) in [4.78, 5) is 3.35. The minimum absolute atomic E-state index is 0.218. The summed E-state index contributed by atoms with van der Waals surface area (Å²) in [6.45, 7) is 2.06. The molecule has 0 bridgehead atoms. The first-order chi connectivity index (χ1) is 8.08. The van der Waals surface area contributed by atoms with E-state index in [0.29, 0.717) is 0 Å². The van der Waals surface area contributed by atoms with Crippen LogP contribution in [0.25, 0.3) is 10.9 Å². The summed E-state index contributed by atoms with van der Waals surface area (Å²) in [5.41, 5.74) is 9.66. The zero-order chi connectivity index (χ0) is 12.0. The van der Waals surface area contributed by atoms with E-state index in [9.17, 15) is 0 Å². The van der Waals surface area contributed by atoms with E-state index in [0.717, 1.165) is 40.0 Å². The van der Waals surface area contributed by atoms with Crippen molar-refractivity contribution in [2.75, 3.05) is 0 Å². The lowest BCUT2D eigenvalue weighted by Crippen LogP contribution is -2.33. The lowest BCUT2D eigenvalue weighted by atomic mass is 9.89. The molecule has 0 amide bonds. The Hall–Kier alpha value is -0.990. The first-order valence-corrected chi connectivity index (χ1v) is 6.54. The van der Waals surface area contributed by atoms with Gasteiger partial charge in [-0.05, 0) is 43.5 Å². The van der Waals surface area contributed by atoms with E-state index in [4.69, 9.17) is 17.3 Å². The van der Waals surface area contributed by atoms with Crippen molar-refractivity contribution >= 4 is 22.5 Å². The van der Waals surface area contributed by atoms with Crippen LogP contribution in [0, 0.1) is 6.92 Å². The van der Waals surface area contributed by atoms with E-state index in [-0.39, 0.29) is 5.54 Å². The van der Waals surface area contributed by atoms with Gasteiger partial charge in [0.15, 0.2) is 0 Å². The van der Waals surface area contributed by atoms with Gasteiger partial charge in [-0.15, -0.1) is 0 Å². The monoisotopic (exact) mass is 248 g/mol. The Morgan fingerprint density at radius 2 is 1.94 bits per heavy atom. The minimum atomic E-state index is -0.218. The molecular weight excluding hydrogens is 232 g/mol. The van der Waals surface area contributed by atoms with Gasteiger partial charge in [0.2, 0.25) is 0 Å². The first kappa shape index (κ1) is 11.1. The van der Waals surface area contributed by atoms with E-state index in [1.165, 1.54) is 12.8 Å². The average Bonchev–Trinajstić information content (AvgIpc) is 2.83. The maximum absolute atomic E-state index is 6.48. The summed E-state index contributed by atoms with van der Waals surface area (Å²) in [5.74, 6) is 0. The van der Waals surface area contributed by atoms with E-state index in [2.05, 4.69) is 24.0 Å². The van der Waals surface area contributed by atoms with Crippen LogP contribution < -0.4 is 5.73 Å². The number of rotatable bonds is 1. The van der Waals surface area contributed by atoms with E-state index < -0.39 is 0 Å². The van der Waals surface area contributed by atoms with Crippen molar-refractivity contribution in [2.45, 2.75) is 38.1 Å². The molecule has 3 rings (SSSR count). The molecule has 0 spiro atoms. The van der Waals surface area contributed by atoms with Gasteiger partial charge in [0.05, 0.1) is 0 Å². The maximum atomic E-state index is 6.48. The summed E-state index contributed by atoms with van der Waals surface area (Å²) in [5, 5.41) is 1.97. The molecule has 3 heteroatoms. The molecule has 0 radical (unpaired) electrons. The standard InChI is InChI=1S/C14H17ClN2/c1-9-6-10-7-12(15)11(8-13(10)17-9)14(16)4-2-3-5-14/h6-8,17H,2-5,16H2,1H3. The summed E-state index contributed by atoms with van der Waals surface area (Å²) in [6.07, 6.45) is 4.49. The van der Waals surface area contributed by atoms with E-state index >= 15 is 0 Å². The zero-order valence-electron chi connectivity index (χ0n) is 10.0. The molecule has 2 aromatic rings. The van der Waals surface area contributed by atoms with E-state index in [1.54, 1.807) is 0 Å². The summed E-state index contributed by atoms with van der Waals surface area (Å²) in [6, 6.07) is 6.28. The van der Waals surface area contributed by atoms with Crippen molar-refractivity contribution in [1.29, 1.82) is 0 Å². The Morgan fingerprint density at radius 3 is 2.65 bits per heavy atom. The molecule has 3 N–H and O–H groups in total. The highest BCUT2D eigenvalue weighted by Crippen LogP contribution is 2.40. The van der Waals surface area contributed by atoms with Crippen LogP contribution in [0.15, 0.2) is 18.2 Å². The number of hydrogen-bond donors (Lipinski definition) is 2. The van der Waals surface area contributed by atoms with Gasteiger partial charge in [0, 0.05) is 27.2 Å². The predicted octanol–water partition coefficient (Wildman–Crippen LogP) is 3.86. The molecule has 1 heterocycles. The van der Waals surface area contributed by atoms with Crippen LogP contribution >= 0.6 is 11.6 Å². The number of benzene rings is 1. The third-order valence-corrected chi connectivity index (χ3v) is 4.19. The van der Waals surface area contributed by atoms with Crippen molar-refractivity contribution in [3.63, 3.8) is 0 Å². The molecule has 90 valence electrons. The van der Waals surface area contributed by atoms with E-state index in [1.807, 2.05) is 6.07 Å². The normalized spacial score (nSPS) is 19.0. The highest BCUT2D eigenvalue weighted by molar-refractivity contribution is 6.32. The average molecular weight is 249 g/mol. The number of aryl methyl sites for hydroxylation is 1. The van der Waals surface area contributed by atoms with Crippen LogP contribution in [0.5, 0.6) is 0 Å².